The number of benzene rings is 4. The highest BCUT2D eigenvalue weighted by Gasteiger charge is 2.28. The van der Waals surface area contributed by atoms with E-state index in [1.165, 1.54) is 23.4 Å². The van der Waals surface area contributed by atoms with Crippen molar-refractivity contribution in [2.75, 3.05) is 25.1 Å². The lowest BCUT2D eigenvalue weighted by Crippen LogP contribution is -2.39. The van der Waals surface area contributed by atoms with Crippen LogP contribution in [-0.2, 0) is 4.74 Å². The van der Waals surface area contributed by atoms with E-state index < -0.39 is 0 Å². The molecule has 0 saturated heterocycles. The lowest BCUT2D eigenvalue weighted by atomic mass is 9.99. The Morgan fingerprint density at radius 2 is 1.81 bits per heavy atom. The molecule has 5 heteroatoms. The van der Waals surface area contributed by atoms with Gasteiger partial charge in [0.25, 0.3) is 0 Å². The molecule has 1 aliphatic rings. The summed E-state index contributed by atoms with van der Waals surface area (Å²) in [6.45, 7) is 5.81. The Balaban J connectivity index is 1.33. The monoisotopic (exact) mass is 480 g/mol. The quantitative estimate of drug-likeness (QED) is 0.303. The first kappa shape index (κ1) is 23.9. The fourth-order valence-corrected chi connectivity index (χ4v) is 5.02. The van der Waals surface area contributed by atoms with Crippen molar-refractivity contribution >= 4 is 28.1 Å². The lowest BCUT2D eigenvalue weighted by molar-refractivity contribution is 0.0601. The van der Waals surface area contributed by atoms with E-state index in [4.69, 9.17) is 9.47 Å². The molecule has 0 radical (unpaired) electrons. The molecule has 1 aliphatic heterocycles. The second-order valence-electron chi connectivity index (χ2n) is 9.34. The van der Waals surface area contributed by atoms with Crippen LogP contribution in [0.4, 0.5) is 11.4 Å². The molecule has 0 fully saturated rings. The molecule has 4 aromatic rings. The van der Waals surface area contributed by atoms with Gasteiger partial charge in [0.1, 0.15) is 11.9 Å². The Kier molecular flexibility index (Phi) is 6.92. The second-order valence-corrected chi connectivity index (χ2v) is 9.34. The zero-order valence-electron chi connectivity index (χ0n) is 21.0. The molecule has 2 atom stereocenters. The topological polar surface area (TPSA) is 50.8 Å². The molecule has 0 aliphatic carbocycles. The number of anilines is 2. The number of carbonyl (C=O) groups is 1. The predicted octanol–water partition coefficient (Wildman–Crippen LogP) is 6.57. The van der Waals surface area contributed by atoms with Crippen LogP contribution >= 0.6 is 0 Å². The molecule has 0 spiro atoms. The number of fused-ring (bicyclic) bond motifs is 2. The summed E-state index contributed by atoms with van der Waals surface area (Å²) < 4.78 is 11.4. The summed E-state index contributed by atoms with van der Waals surface area (Å²) in [7, 11) is 1.41. The maximum atomic E-state index is 12.2. The van der Waals surface area contributed by atoms with Gasteiger partial charge in [0.2, 0.25) is 0 Å². The van der Waals surface area contributed by atoms with Gasteiger partial charge in [-0.25, -0.2) is 4.79 Å². The van der Waals surface area contributed by atoms with Crippen molar-refractivity contribution in [1.82, 2.24) is 5.32 Å². The summed E-state index contributed by atoms with van der Waals surface area (Å²) in [6, 6.07) is 29.0. The van der Waals surface area contributed by atoms with Gasteiger partial charge in [0.15, 0.2) is 0 Å². The van der Waals surface area contributed by atoms with E-state index in [0.717, 1.165) is 35.7 Å². The van der Waals surface area contributed by atoms with E-state index >= 15 is 0 Å². The number of ether oxygens (including phenoxy) is 2. The van der Waals surface area contributed by atoms with Crippen LogP contribution in [0.2, 0.25) is 0 Å². The molecule has 0 amide bonds. The Morgan fingerprint density at radius 3 is 2.67 bits per heavy atom. The third kappa shape index (κ3) is 4.79. The molecule has 1 unspecified atom stereocenters. The van der Waals surface area contributed by atoms with Crippen molar-refractivity contribution in [2.45, 2.75) is 32.4 Å². The maximum absolute atomic E-state index is 12.2. The first-order valence-electron chi connectivity index (χ1n) is 12.5. The summed E-state index contributed by atoms with van der Waals surface area (Å²) >= 11 is 0. The number of nitrogens with one attached hydrogen (secondary N) is 1. The maximum Gasteiger partial charge on any atom is 0.337 e. The summed E-state index contributed by atoms with van der Waals surface area (Å²) in [5.41, 5.74) is 4.96. The van der Waals surface area contributed by atoms with Crippen molar-refractivity contribution < 1.29 is 14.3 Å². The van der Waals surface area contributed by atoms with Gasteiger partial charge >= 0.3 is 5.97 Å². The minimum Gasteiger partial charge on any atom is -0.486 e. The van der Waals surface area contributed by atoms with Gasteiger partial charge in [0, 0.05) is 11.7 Å². The Labute approximate surface area is 212 Å². The highest BCUT2D eigenvalue weighted by atomic mass is 16.5. The van der Waals surface area contributed by atoms with Gasteiger partial charge in [-0.1, -0.05) is 60.7 Å². The highest BCUT2D eigenvalue weighted by Crippen LogP contribution is 2.40. The summed E-state index contributed by atoms with van der Waals surface area (Å²) in [4.78, 5) is 14.5. The smallest absolute Gasteiger partial charge is 0.337 e. The average molecular weight is 481 g/mol. The van der Waals surface area contributed by atoms with Crippen LogP contribution in [-0.4, -0.2) is 32.3 Å². The Bertz CT molecular complexity index is 1380. The van der Waals surface area contributed by atoms with E-state index in [0.29, 0.717) is 12.1 Å². The van der Waals surface area contributed by atoms with E-state index in [2.05, 4.69) is 72.6 Å². The van der Waals surface area contributed by atoms with Crippen LogP contribution in [0.1, 0.15) is 40.9 Å². The zero-order chi connectivity index (χ0) is 25.1. The molecule has 0 saturated carbocycles. The predicted molar refractivity (Wildman–Crippen MR) is 145 cm³/mol. The van der Waals surface area contributed by atoms with Crippen molar-refractivity contribution in [3.05, 3.63) is 102 Å². The van der Waals surface area contributed by atoms with Crippen molar-refractivity contribution in [3.63, 3.8) is 0 Å². The first-order chi connectivity index (χ1) is 17.5. The lowest BCUT2D eigenvalue weighted by Gasteiger charge is -2.37. The van der Waals surface area contributed by atoms with Crippen LogP contribution in [0.3, 0.4) is 0 Å². The number of carbonyl (C=O) groups excluding carboxylic acids is 1. The molecule has 4 aromatic carbocycles. The minimum atomic E-state index is -0.332. The standard InChI is InChI=1S/C31H32N2O3/c1-21-15-16-24(31(34)35-3)19-29(21)33-20-25(36-30-14-7-6-13-28(30)33)17-18-32-22(2)26-12-8-10-23-9-4-5-11-27(23)26/h4-16,19,22,25,32H,17-18,20H2,1-3H3/t22-,25?/m1/s1. The number of nitrogens with zero attached hydrogens (tertiary/aromatic N) is 1. The van der Waals surface area contributed by atoms with Crippen LogP contribution in [0.25, 0.3) is 10.8 Å². The molecule has 36 heavy (non-hydrogen) atoms. The third-order valence-electron chi connectivity index (χ3n) is 6.96. The van der Waals surface area contributed by atoms with Gasteiger partial charge in [-0.2, -0.15) is 0 Å². The molecule has 1 heterocycles. The number of para-hydroxylation sites is 2. The normalized spacial score (nSPS) is 15.8. The number of aryl methyl sites for hydroxylation is 1. The van der Waals surface area contributed by atoms with Gasteiger partial charge in [-0.15, -0.1) is 0 Å². The summed E-state index contributed by atoms with van der Waals surface area (Å²) in [6.07, 6.45) is 0.865. The van der Waals surface area contributed by atoms with Crippen LogP contribution in [0, 0.1) is 6.92 Å². The van der Waals surface area contributed by atoms with Crippen LogP contribution in [0.15, 0.2) is 84.9 Å². The number of hydrogen-bond donors (Lipinski definition) is 1. The van der Waals surface area contributed by atoms with Gasteiger partial charge in [-0.3, -0.25) is 0 Å². The molecule has 0 bridgehead atoms. The molecule has 1 N–H and O–H groups in total. The number of rotatable bonds is 7. The molecule has 5 nitrogen and oxygen atoms in total. The minimum absolute atomic E-state index is 0.00769. The number of esters is 1. The third-order valence-corrected chi connectivity index (χ3v) is 6.96. The Morgan fingerprint density at radius 1 is 1.03 bits per heavy atom. The largest absolute Gasteiger partial charge is 0.486 e. The first-order valence-corrected chi connectivity index (χ1v) is 12.5. The highest BCUT2D eigenvalue weighted by molar-refractivity contribution is 5.91. The fraction of sp³-hybridized carbons (Fsp3) is 0.258. The van der Waals surface area contributed by atoms with Crippen molar-refractivity contribution in [3.8, 4) is 5.75 Å². The van der Waals surface area contributed by atoms with E-state index in [1.807, 2.05) is 36.4 Å². The summed E-state index contributed by atoms with van der Waals surface area (Å²) in [5.74, 6) is 0.527. The van der Waals surface area contributed by atoms with Crippen LogP contribution in [0.5, 0.6) is 5.75 Å². The van der Waals surface area contributed by atoms with Gasteiger partial charge in [-0.05, 0) is 73.0 Å². The van der Waals surface area contributed by atoms with Crippen molar-refractivity contribution in [2.24, 2.45) is 0 Å². The molecular weight excluding hydrogens is 448 g/mol. The van der Waals surface area contributed by atoms with Gasteiger partial charge in [0.05, 0.1) is 24.9 Å². The molecule has 184 valence electrons. The van der Waals surface area contributed by atoms with E-state index in [1.54, 1.807) is 0 Å². The van der Waals surface area contributed by atoms with E-state index in [9.17, 15) is 4.79 Å². The Hall–Kier alpha value is -3.83. The molecular formula is C31H32N2O3. The number of methoxy groups -OCH3 is 1. The average Bonchev–Trinajstić information content (AvgIpc) is 2.92. The molecule has 0 aromatic heterocycles. The SMILES string of the molecule is COC(=O)c1ccc(C)c(N2CC(CCN[C@H](C)c3cccc4ccccc34)Oc3ccccc32)c1. The van der Waals surface area contributed by atoms with E-state index in [-0.39, 0.29) is 18.1 Å². The second kappa shape index (κ2) is 10.4. The van der Waals surface area contributed by atoms with Crippen molar-refractivity contribution in [1.29, 1.82) is 0 Å². The number of hydrogen-bond acceptors (Lipinski definition) is 5. The molecule has 5 rings (SSSR count). The zero-order valence-corrected chi connectivity index (χ0v) is 21.0. The van der Waals surface area contributed by atoms with Crippen LogP contribution < -0.4 is 15.0 Å². The van der Waals surface area contributed by atoms with Gasteiger partial charge < -0.3 is 19.7 Å². The fourth-order valence-electron chi connectivity index (χ4n) is 5.02. The summed E-state index contributed by atoms with van der Waals surface area (Å²) in [5, 5.41) is 6.25.